The van der Waals surface area contributed by atoms with Crippen LogP contribution >= 0.6 is 11.6 Å². The molecule has 3 aliphatic rings. The lowest BCUT2D eigenvalue weighted by atomic mass is 9.81. The van der Waals surface area contributed by atoms with Gasteiger partial charge in [0.25, 0.3) is 10.6 Å². The summed E-state index contributed by atoms with van der Waals surface area (Å²) in [6, 6.07) is 11.3. The highest BCUT2D eigenvalue weighted by Gasteiger charge is 2.45. The lowest BCUT2D eigenvalue weighted by molar-refractivity contribution is -0.729. The Morgan fingerprint density at radius 2 is 1.65 bits per heavy atom. The van der Waals surface area contributed by atoms with Gasteiger partial charge in [0.2, 0.25) is 5.69 Å². The molecule has 1 N–H and O–H groups in total. The van der Waals surface area contributed by atoms with Crippen LogP contribution in [0.4, 0.5) is 22.7 Å². The highest BCUT2D eigenvalue weighted by Crippen LogP contribution is 2.49. The van der Waals surface area contributed by atoms with Gasteiger partial charge >= 0.3 is 5.69 Å². The smallest absolute Gasteiger partial charge is 0.317 e. The molecule has 2 aromatic carbocycles. The predicted molar refractivity (Wildman–Crippen MR) is 174 cm³/mol. The molecule has 0 amide bonds. The van der Waals surface area contributed by atoms with E-state index >= 15 is 0 Å². The van der Waals surface area contributed by atoms with Gasteiger partial charge in [0.15, 0.2) is 12.8 Å². The van der Waals surface area contributed by atoms with Gasteiger partial charge in [0.1, 0.15) is 6.54 Å². The Balaban J connectivity index is 1.48. The molecule has 0 fully saturated rings. The Bertz CT molecular complexity index is 1690. The maximum Gasteiger partial charge on any atom is 0.317 e. The first-order valence-corrected chi connectivity index (χ1v) is 15.5. The maximum atomic E-state index is 12.0. The molecule has 1 aliphatic carbocycles. The fourth-order valence-electron chi connectivity index (χ4n) is 6.89. The van der Waals surface area contributed by atoms with Gasteiger partial charge in [-0.25, -0.2) is 5.21 Å². The Kier molecular flexibility index (Phi) is 8.07. The summed E-state index contributed by atoms with van der Waals surface area (Å²) < 4.78 is 3.24. The number of anilines is 1. The second-order valence-corrected chi connectivity index (χ2v) is 12.9. The Labute approximate surface area is 259 Å². The van der Waals surface area contributed by atoms with Crippen molar-refractivity contribution in [3.8, 4) is 0 Å². The maximum absolute atomic E-state index is 12.0. The average molecular weight is 602 g/mol. The van der Waals surface area contributed by atoms with Gasteiger partial charge in [-0.15, -0.1) is 0 Å². The third-order valence-corrected chi connectivity index (χ3v) is 9.79. The minimum atomic E-state index is -0.355. The first kappa shape index (κ1) is 30.6. The van der Waals surface area contributed by atoms with Crippen LogP contribution < -0.4 is 4.90 Å². The molecule has 0 radical (unpaired) electrons. The Morgan fingerprint density at radius 3 is 2.30 bits per heavy atom. The number of nitrogens with zero attached hydrogens (tertiary/aromatic N) is 4. The van der Waals surface area contributed by atoms with Crippen molar-refractivity contribution in [1.29, 1.82) is 0 Å². The van der Waals surface area contributed by atoms with Crippen LogP contribution in [0.5, 0.6) is 0 Å². The summed E-state index contributed by atoms with van der Waals surface area (Å²) in [6.07, 6.45) is 11.5. The van der Waals surface area contributed by atoms with Crippen LogP contribution in [0.25, 0.3) is 0 Å². The lowest BCUT2D eigenvalue weighted by Gasteiger charge is -2.26. The first-order chi connectivity index (χ1) is 20.3. The van der Waals surface area contributed by atoms with Gasteiger partial charge in [0, 0.05) is 80.0 Å². The molecular weight excluding hydrogens is 560 g/mol. The zero-order valence-electron chi connectivity index (χ0n) is 26.2. The average Bonchev–Trinajstić information content (AvgIpc) is 3.32. The van der Waals surface area contributed by atoms with Gasteiger partial charge < -0.3 is 4.90 Å². The molecule has 2 aliphatic heterocycles. The predicted octanol–water partition coefficient (Wildman–Crippen LogP) is 8.78. The fourth-order valence-corrected chi connectivity index (χ4v) is 7.21. The normalized spacial score (nSPS) is 20.9. The number of fused-ring (bicyclic) bond motifs is 2. The van der Waals surface area contributed by atoms with Crippen molar-refractivity contribution in [2.45, 2.75) is 71.6 Å². The van der Waals surface area contributed by atoms with E-state index in [2.05, 4.69) is 81.4 Å². The molecule has 0 spiro atoms. The largest absolute Gasteiger partial charge is 0.344 e. The summed E-state index contributed by atoms with van der Waals surface area (Å²) >= 11 is 7.08. The molecule has 2 aromatic rings. The van der Waals surface area contributed by atoms with Crippen LogP contribution in [0.1, 0.15) is 71.9 Å². The fraction of sp³-hybridized carbons (Fsp3) is 0.400. The molecular formula is C35H42ClN4O3+3. The zero-order chi connectivity index (χ0) is 31.3. The minimum absolute atomic E-state index is 0.0796. The van der Waals surface area contributed by atoms with Gasteiger partial charge in [-0.05, 0) is 75.8 Å². The number of halogens is 1. The summed E-state index contributed by atoms with van der Waals surface area (Å²) in [5, 5.41) is 10.3. The second-order valence-electron chi connectivity index (χ2n) is 12.6. The molecule has 0 bridgehead atoms. The summed E-state index contributed by atoms with van der Waals surface area (Å²) in [5.74, 6) is 0. The highest BCUT2D eigenvalue weighted by atomic mass is 35.5. The molecule has 0 atom stereocenters. The molecule has 0 unspecified atom stereocenters. The van der Waals surface area contributed by atoms with Crippen molar-refractivity contribution in [2.24, 2.45) is 0 Å². The number of hydrogen-bond donors (Lipinski definition) is 1. The Morgan fingerprint density at radius 1 is 0.953 bits per heavy atom. The molecule has 0 aromatic heterocycles. The highest BCUT2D eigenvalue weighted by molar-refractivity contribution is 6.32. The summed E-state index contributed by atoms with van der Waals surface area (Å²) in [4.78, 5) is 25.8. The van der Waals surface area contributed by atoms with Crippen LogP contribution in [0.2, 0.25) is 0 Å². The quantitative estimate of drug-likeness (QED) is 0.254. The van der Waals surface area contributed by atoms with Gasteiger partial charge in [-0.3, -0.25) is 0 Å². The van der Waals surface area contributed by atoms with E-state index in [1.165, 1.54) is 12.8 Å². The van der Waals surface area contributed by atoms with Crippen LogP contribution in [0, 0.1) is 9.81 Å². The third kappa shape index (κ3) is 5.18. The van der Waals surface area contributed by atoms with Gasteiger partial charge in [0.05, 0.1) is 10.3 Å². The molecule has 5 rings (SSSR count). The summed E-state index contributed by atoms with van der Waals surface area (Å²) in [7, 11) is 1.53. The molecule has 7 nitrogen and oxygen atoms in total. The van der Waals surface area contributed by atoms with Crippen molar-refractivity contribution >= 4 is 40.1 Å². The number of hydrogen-bond acceptors (Lipinski definition) is 3. The van der Waals surface area contributed by atoms with Crippen molar-refractivity contribution in [1.82, 2.24) is 0 Å². The van der Waals surface area contributed by atoms with E-state index < -0.39 is 0 Å². The number of likely N-dealkylation sites (N-methyl/N-ethyl adjacent to an activating group) is 1. The SMILES string of the molecule is CCN1/C(=C\C=C2/CCCC(/C=C/C3=[N+](CC)c4ccc([N+](C)=O)cc4C3(C)C)=C2Cl)C(C)(C)c2cc([N+](=O)O)ccc21. The number of allylic oxidation sites excluding steroid dienone is 8. The molecule has 43 heavy (non-hydrogen) atoms. The summed E-state index contributed by atoms with van der Waals surface area (Å²) in [5.41, 5.74) is 9.16. The minimum Gasteiger partial charge on any atom is -0.344 e. The van der Waals surface area contributed by atoms with E-state index in [-0.39, 0.29) is 21.4 Å². The monoisotopic (exact) mass is 601 g/mol. The number of benzene rings is 2. The topological polar surface area (TPSA) is 66.6 Å². The van der Waals surface area contributed by atoms with E-state index in [1.54, 1.807) is 12.1 Å². The molecule has 2 heterocycles. The van der Waals surface area contributed by atoms with Crippen LogP contribution in [0.15, 0.2) is 82.6 Å². The van der Waals surface area contributed by atoms with Crippen LogP contribution in [-0.4, -0.2) is 45.3 Å². The van der Waals surface area contributed by atoms with Gasteiger partial charge in [-0.2, -0.15) is 4.58 Å². The number of rotatable bonds is 7. The van der Waals surface area contributed by atoms with Crippen LogP contribution in [-0.2, 0) is 10.8 Å². The molecule has 0 saturated carbocycles. The second kappa shape index (κ2) is 11.3. The van der Waals surface area contributed by atoms with Crippen molar-refractivity contribution in [3.05, 3.63) is 104 Å². The number of nitroso groups, excluding NO2 is 1. The first-order valence-electron chi connectivity index (χ1n) is 15.1. The Hall–Kier alpha value is -3.84. The standard InChI is InChI=1S/C35H42ClN4O3/c1-8-38-29-17-15-25(37(7)41)21-27(29)34(3,4)31(38)19-13-23-11-10-12-24(33(23)36)14-20-32-35(5,6)28-22-26(40(42)43)16-18-30(28)39(32)9-2/h13-22H,8-12H2,1-7H3,(H,42,43)/q+3. The summed E-state index contributed by atoms with van der Waals surface area (Å²) in [6.45, 7) is 14.6. The van der Waals surface area contributed by atoms with E-state index in [1.807, 2.05) is 18.2 Å². The van der Waals surface area contributed by atoms with Gasteiger partial charge in [-0.1, -0.05) is 37.6 Å². The van der Waals surface area contributed by atoms with E-state index in [0.717, 1.165) is 81.5 Å². The van der Waals surface area contributed by atoms with E-state index in [0.29, 0.717) is 5.69 Å². The lowest BCUT2D eigenvalue weighted by Crippen LogP contribution is -2.27. The molecule has 0 saturated heterocycles. The van der Waals surface area contributed by atoms with Crippen molar-refractivity contribution < 1.29 is 19.5 Å². The zero-order valence-corrected chi connectivity index (χ0v) is 27.0. The van der Waals surface area contributed by atoms with E-state index in [4.69, 9.17) is 11.6 Å². The molecule has 8 heteroatoms. The third-order valence-electron chi connectivity index (χ3n) is 9.31. The van der Waals surface area contributed by atoms with Crippen LogP contribution in [0.3, 0.4) is 0 Å². The van der Waals surface area contributed by atoms with Crippen molar-refractivity contribution in [3.63, 3.8) is 0 Å². The van der Waals surface area contributed by atoms with Crippen molar-refractivity contribution in [2.75, 3.05) is 25.0 Å². The van der Waals surface area contributed by atoms with E-state index in [9.17, 15) is 15.0 Å². The molecule has 224 valence electrons.